The van der Waals surface area contributed by atoms with Gasteiger partial charge in [-0.15, -0.1) is 0 Å². The van der Waals surface area contributed by atoms with Gasteiger partial charge in [0.1, 0.15) is 0 Å². The summed E-state index contributed by atoms with van der Waals surface area (Å²) in [7, 11) is -3.73. The molecule has 0 bridgehead atoms. The summed E-state index contributed by atoms with van der Waals surface area (Å²) in [5, 5.41) is 0.381. The number of hydrogen-bond donors (Lipinski definition) is 2. The van der Waals surface area contributed by atoms with E-state index in [1.54, 1.807) is 30.3 Å². The molecule has 1 aromatic heterocycles. The van der Waals surface area contributed by atoms with Crippen LogP contribution in [0.2, 0.25) is 5.02 Å². The van der Waals surface area contributed by atoms with Crippen LogP contribution < -0.4 is 10.5 Å². The summed E-state index contributed by atoms with van der Waals surface area (Å²) in [4.78, 5) is 3.78. The van der Waals surface area contributed by atoms with Crippen LogP contribution >= 0.6 is 11.6 Å². The molecule has 3 N–H and O–H groups in total. The van der Waals surface area contributed by atoms with E-state index in [2.05, 4.69) is 9.71 Å². The third-order valence-electron chi connectivity index (χ3n) is 2.41. The van der Waals surface area contributed by atoms with E-state index in [0.717, 1.165) is 5.56 Å². The second kappa shape index (κ2) is 5.56. The van der Waals surface area contributed by atoms with Crippen LogP contribution in [0.4, 0.5) is 5.69 Å². The van der Waals surface area contributed by atoms with Crippen molar-refractivity contribution in [3.8, 4) is 0 Å². The minimum absolute atomic E-state index is 0.112. The van der Waals surface area contributed by atoms with Crippen molar-refractivity contribution < 1.29 is 8.42 Å². The normalized spacial score (nSPS) is 11.4. The van der Waals surface area contributed by atoms with Gasteiger partial charge in [-0.1, -0.05) is 23.7 Å². The monoisotopic (exact) mass is 297 g/mol. The highest BCUT2D eigenvalue weighted by Crippen LogP contribution is 2.15. The van der Waals surface area contributed by atoms with Crippen molar-refractivity contribution in [1.29, 1.82) is 0 Å². The molecule has 0 spiro atoms. The van der Waals surface area contributed by atoms with Crippen LogP contribution in [0.1, 0.15) is 5.56 Å². The van der Waals surface area contributed by atoms with E-state index in [-0.39, 0.29) is 17.3 Å². The smallest absolute Gasteiger partial charge is 0.260 e. The molecule has 0 fully saturated rings. The van der Waals surface area contributed by atoms with Crippen molar-refractivity contribution in [3.63, 3.8) is 0 Å². The van der Waals surface area contributed by atoms with Crippen LogP contribution in [0.25, 0.3) is 0 Å². The molecule has 0 aliphatic rings. The Morgan fingerprint density at radius 1 is 1.26 bits per heavy atom. The predicted octanol–water partition coefficient (Wildman–Crippen LogP) is 1.80. The molecule has 2 aromatic rings. The van der Waals surface area contributed by atoms with Gasteiger partial charge >= 0.3 is 0 Å². The topological polar surface area (TPSA) is 85.1 Å². The van der Waals surface area contributed by atoms with Gasteiger partial charge in [-0.05, 0) is 29.8 Å². The highest BCUT2D eigenvalue weighted by atomic mass is 35.5. The first-order valence-electron chi connectivity index (χ1n) is 5.43. The molecule has 2 rings (SSSR count). The predicted molar refractivity (Wildman–Crippen MR) is 74.1 cm³/mol. The summed E-state index contributed by atoms with van der Waals surface area (Å²) in [6, 6.07) is 9.99. The van der Waals surface area contributed by atoms with Gasteiger partial charge in [0.2, 0.25) is 0 Å². The molecule has 0 aliphatic heterocycles. The zero-order chi connectivity index (χ0) is 13.9. The first kappa shape index (κ1) is 13.8. The number of nitrogens with one attached hydrogen (secondary N) is 1. The molecular formula is C12H12ClN3O2S. The van der Waals surface area contributed by atoms with Crippen LogP contribution in [0, 0.1) is 0 Å². The Balaban J connectivity index is 2.17. The Hall–Kier alpha value is -1.63. The number of anilines is 1. The first-order chi connectivity index (χ1) is 8.99. The molecule has 19 heavy (non-hydrogen) atoms. The molecule has 0 atom stereocenters. The standard InChI is InChI=1S/C12H12ClN3O2S/c13-10-4-1-3-9(7-10)8-16-19(17,18)12-11(14)5-2-6-15-12/h1-7,16H,8,14H2. The van der Waals surface area contributed by atoms with E-state index >= 15 is 0 Å². The number of aromatic nitrogens is 1. The summed E-state index contributed by atoms with van der Waals surface area (Å²) >= 11 is 5.83. The van der Waals surface area contributed by atoms with Gasteiger partial charge in [0.25, 0.3) is 10.0 Å². The number of benzene rings is 1. The maximum atomic E-state index is 12.0. The summed E-state index contributed by atoms with van der Waals surface area (Å²) in [6.07, 6.45) is 1.38. The van der Waals surface area contributed by atoms with Gasteiger partial charge < -0.3 is 5.73 Å². The molecule has 0 radical (unpaired) electrons. The van der Waals surface area contributed by atoms with Gasteiger partial charge in [-0.25, -0.2) is 18.1 Å². The number of nitrogens with two attached hydrogens (primary N) is 1. The van der Waals surface area contributed by atoms with Gasteiger partial charge in [0.05, 0.1) is 5.69 Å². The zero-order valence-corrected chi connectivity index (χ0v) is 11.4. The molecular weight excluding hydrogens is 286 g/mol. The number of nitrogen functional groups attached to an aromatic ring is 1. The van der Waals surface area contributed by atoms with Gasteiger partial charge in [0.15, 0.2) is 5.03 Å². The summed E-state index contributed by atoms with van der Waals surface area (Å²) in [5.74, 6) is 0. The fourth-order valence-electron chi connectivity index (χ4n) is 1.52. The average Bonchev–Trinajstić information content (AvgIpc) is 2.37. The first-order valence-corrected chi connectivity index (χ1v) is 7.30. The number of hydrogen-bond acceptors (Lipinski definition) is 4. The van der Waals surface area contributed by atoms with Crippen LogP contribution in [-0.2, 0) is 16.6 Å². The van der Waals surface area contributed by atoms with Crippen LogP contribution in [0.3, 0.4) is 0 Å². The third-order valence-corrected chi connectivity index (χ3v) is 4.02. The molecule has 7 heteroatoms. The van der Waals surface area contributed by atoms with Gasteiger partial charge in [-0.3, -0.25) is 0 Å². The molecule has 5 nitrogen and oxygen atoms in total. The highest BCUT2D eigenvalue weighted by molar-refractivity contribution is 7.89. The molecule has 100 valence electrons. The van der Waals surface area contributed by atoms with E-state index in [0.29, 0.717) is 5.02 Å². The van der Waals surface area contributed by atoms with Crippen LogP contribution in [0.15, 0.2) is 47.6 Å². The fourth-order valence-corrected chi connectivity index (χ4v) is 2.81. The summed E-state index contributed by atoms with van der Waals surface area (Å²) < 4.78 is 26.5. The number of sulfonamides is 1. The van der Waals surface area contributed by atoms with E-state index in [4.69, 9.17) is 17.3 Å². The molecule has 1 aromatic carbocycles. The van der Waals surface area contributed by atoms with Crippen molar-refractivity contribution >= 4 is 27.3 Å². The lowest BCUT2D eigenvalue weighted by atomic mass is 10.2. The van der Waals surface area contributed by atoms with Crippen molar-refractivity contribution in [2.75, 3.05) is 5.73 Å². The molecule has 0 amide bonds. The largest absolute Gasteiger partial charge is 0.396 e. The third kappa shape index (κ3) is 3.44. The molecule has 1 heterocycles. The molecule has 0 saturated carbocycles. The molecule has 0 saturated heterocycles. The van der Waals surface area contributed by atoms with E-state index in [9.17, 15) is 8.42 Å². The SMILES string of the molecule is Nc1cccnc1S(=O)(=O)NCc1cccc(Cl)c1. The lowest BCUT2D eigenvalue weighted by Crippen LogP contribution is -2.25. The minimum Gasteiger partial charge on any atom is -0.396 e. The van der Waals surface area contributed by atoms with E-state index in [1.165, 1.54) is 12.3 Å². The number of pyridine rings is 1. The van der Waals surface area contributed by atoms with Crippen LogP contribution in [-0.4, -0.2) is 13.4 Å². The second-order valence-corrected chi connectivity index (χ2v) is 5.97. The lowest BCUT2D eigenvalue weighted by molar-refractivity contribution is 0.578. The van der Waals surface area contributed by atoms with E-state index < -0.39 is 10.0 Å². The lowest BCUT2D eigenvalue weighted by Gasteiger charge is -2.08. The zero-order valence-electron chi connectivity index (χ0n) is 9.88. The van der Waals surface area contributed by atoms with Crippen molar-refractivity contribution in [2.45, 2.75) is 11.6 Å². The number of rotatable bonds is 4. The Morgan fingerprint density at radius 2 is 2.05 bits per heavy atom. The summed E-state index contributed by atoms with van der Waals surface area (Å²) in [5.41, 5.74) is 6.46. The maximum Gasteiger partial charge on any atom is 0.260 e. The van der Waals surface area contributed by atoms with Crippen molar-refractivity contribution in [3.05, 3.63) is 53.2 Å². The Bertz CT molecular complexity index is 689. The molecule has 0 unspecified atom stereocenters. The van der Waals surface area contributed by atoms with Gasteiger partial charge in [0, 0.05) is 17.8 Å². The highest BCUT2D eigenvalue weighted by Gasteiger charge is 2.18. The fraction of sp³-hybridized carbons (Fsp3) is 0.0833. The van der Waals surface area contributed by atoms with Crippen molar-refractivity contribution in [2.24, 2.45) is 0 Å². The number of nitrogens with zero attached hydrogens (tertiary/aromatic N) is 1. The second-order valence-electron chi connectivity index (χ2n) is 3.85. The van der Waals surface area contributed by atoms with Crippen LogP contribution in [0.5, 0.6) is 0 Å². The maximum absolute atomic E-state index is 12.0. The summed E-state index contributed by atoms with van der Waals surface area (Å²) in [6.45, 7) is 0.124. The molecule has 0 aliphatic carbocycles. The Labute approximate surface area is 116 Å². The average molecular weight is 298 g/mol. The Kier molecular flexibility index (Phi) is 4.04. The number of halogens is 1. The van der Waals surface area contributed by atoms with E-state index in [1.807, 2.05) is 0 Å². The Morgan fingerprint density at radius 3 is 2.74 bits per heavy atom. The minimum atomic E-state index is -3.73. The van der Waals surface area contributed by atoms with Crippen molar-refractivity contribution in [1.82, 2.24) is 9.71 Å². The van der Waals surface area contributed by atoms with Gasteiger partial charge in [-0.2, -0.15) is 0 Å². The quantitative estimate of drug-likeness (QED) is 0.901.